The smallest absolute Gasteiger partial charge is 0.164 e. The first-order chi connectivity index (χ1) is 30.7. The van der Waals surface area contributed by atoms with Crippen molar-refractivity contribution in [3.05, 3.63) is 218 Å². The van der Waals surface area contributed by atoms with Crippen molar-refractivity contribution in [3.63, 3.8) is 0 Å². The van der Waals surface area contributed by atoms with Gasteiger partial charge in [-0.15, -0.1) is 11.3 Å². The highest BCUT2D eigenvalue weighted by Gasteiger charge is 2.20. The summed E-state index contributed by atoms with van der Waals surface area (Å²) in [7, 11) is 0. The molecule has 4 nitrogen and oxygen atoms in total. The second-order valence-corrected chi connectivity index (χ2v) is 16.7. The van der Waals surface area contributed by atoms with Crippen molar-refractivity contribution in [2.24, 2.45) is 0 Å². The van der Waals surface area contributed by atoms with Crippen molar-refractivity contribution in [1.29, 1.82) is 0 Å². The van der Waals surface area contributed by atoms with Gasteiger partial charge in [0, 0.05) is 53.2 Å². The van der Waals surface area contributed by atoms with Crippen LogP contribution in [0.5, 0.6) is 0 Å². The van der Waals surface area contributed by atoms with E-state index in [1.165, 1.54) is 64.2 Å². The van der Waals surface area contributed by atoms with Gasteiger partial charge in [0.1, 0.15) is 0 Å². The Morgan fingerprint density at radius 2 is 0.790 bits per heavy atom. The zero-order valence-electron chi connectivity index (χ0n) is 33.5. The first-order valence-corrected chi connectivity index (χ1v) is 21.7. The second kappa shape index (κ2) is 14.9. The number of hydrogen-bond acceptors (Lipinski definition) is 4. The molecule has 3 heterocycles. The highest BCUT2D eigenvalue weighted by Crippen LogP contribution is 2.44. The van der Waals surface area contributed by atoms with Crippen LogP contribution in [-0.2, 0) is 0 Å². The Morgan fingerprint density at radius 1 is 0.306 bits per heavy atom. The topological polar surface area (TPSA) is 43.6 Å². The minimum atomic E-state index is 0.634. The summed E-state index contributed by atoms with van der Waals surface area (Å²) in [6, 6.07) is 77.5. The number of thiophene rings is 1. The number of fused-ring (bicyclic) bond motifs is 6. The Hall–Kier alpha value is -7.99. The second-order valence-electron chi connectivity index (χ2n) is 15.6. The van der Waals surface area contributed by atoms with Crippen molar-refractivity contribution in [1.82, 2.24) is 19.5 Å². The van der Waals surface area contributed by atoms with Crippen LogP contribution < -0.4 is 0 Å². The van der Waals surface area contributed by atoms with E-state index in [-0.39, 0.29) is 0 Å². The number of para-hydroxylation sites is 3. The van der Waals surface area contributed by atoms with Crippen LogP contribution in [-0.4, -0.2) is 19.5 Å². The van der Waals surface area contributed by atoms with E-state index in [1.54, 1.807) is 0 Å². The van der Waals surface area contributed by atoms with Crippen molar-refractivity contribution in [2.75, 3.05) is 0 Å². The summed E-state index contributed by atoms with van der Waals surface area (Å²) in [5.41, 5.74) is 13.4. The van der Waals surface area contributed by atoms with Crippen LogP contribution in [0.25, 0.3) is 115 Å². The predicted molar refractivity (Wildman–Crippen MR) is 260 cm³/mol. The summed E-state index contributed by atoms with van der Waals surface area (Å²) in [5.74, 6) is 1.91. The van der Waals surface area contributed by atoms with Gasteiger partial charge in [0.15, 0.2) is 17.5 Å². The molecule has 0 unspecified atom stereocenters. The Balaban J connectivity index is 0.987. The third kappa shape index (κ3) is 6.18. The Morgan fingerprint density at radius 3 is 1.48 bits per heavy atom. The quantitative estimate of drug-likeness (QED) is 0.161. The zero-order chi connectivity index (χ0) is 41.0. The molecule has 12 rings (SSSR count). The van der Waals surface area contributed by atoms with E-state index in [9.17, 15) is 0 Å². The van der Waals surface area contributed by atoms with Crippen molar-refractivity contribution in [3.8, 4) is 73.2 Å². The first-order valence-electron chi connectivity index (χ1n) is 20.8. The molecule has 9 aromatic carbocycles. The Labute approximate surface area is 362 Å². The summed E-state index contributed by atoms with van der Waals surface area (Å²) in [6.45, 7) is 0. The van der Waals surface area contributed by atoms with Gasteiger partial charge in [0.2, 0.25) is 0 Å². The van der Waals surface area contributed by atoms with Crippen molar-refractivity contribution >= 4 is 53.3 Å². The van der Waals surface area contributed by atoms with E-state index in [0.29, 0.717) is 17.5 Å². The fourth-order valence-electron chi connectivity index (χ4n) is 8.94. The Kier molecular flexibility index (Phi) is 8.65. The van der Waals surface area contributed by atoms with Crippen molar-refractivity contribution in [2.45, 2.75) is 0 Å². The molecule has 0 aliphatic heterocycles. The molecule has 0 radical (unpaired) electrons. The lowest BCUT2D eigenvalue weighted by Crippen LogP contribution is -2.00. The summed E-state index contributed by atoms with van der Waals surface area (Å²) in [5, 5.41) is 4.91. The predicted octanol–water partition coefficient (Wildman–Crippen LogP) is 15.3. The molecule has 0 fully saturated rings. The maximum atomic E-state index is 5.19. The molecule has 0 amide bonds. The molecule has 3 aromatic heterocycles. The zero-order valence-corrected chi connectivity index (χ0v) is 34.3. The van der Waals surface area contributed by atoms with Gasteiger partial charge in [-0.05, 0) is 76.3 Å². The van der Waals surface area contributed by atoms with Crippen molar-refractivity contribution < 1.29 is 0 Å². The molecule has 5 heteroatoms. The molecule has 0 aliphatic rings. The lowest BCUT2D eigenvalue weighted by atomic mass is 9.97. The van der Waals surface area contributed by atoms with Crippen LogP contribution in [0.3, 0.4) is 0 Å². The SMILES string of the molecule is c1ccc(-c2cccc(-c3ccc(-c4nc(-c5ccccc5)nc(-c5ccc6sc7cccc(-c8ccccc8-n8c9ccccc9c9ccccc98)c7c6c5)n4)cc3)c2)cc1. The molecule has 0 saturated carbocycles. The monoisotopic (exact) mass is 808 g/mol. The number of rotatable bonds is 7. The molecule has 12 aromatic rings. The average Bonchev–Trinajstić information content (AvgIpc) is 3.90. The van der Waals surface area contributed by atoms with E-state index in [2.05, 4.69) is 205 Å². The molecular formula is C57H36N4S. The van der Waals surface area contributed by atoms with Crippen LogP contribution in [0.15, 0.2) is 218 Å². The van der Waals surface area contributed by atoms with Gasteiger partial charge in [-0.3, -0.25) is 0 Å². The summed E-state index contributed by atoms with van der Waals surface area (Å²) >= 11 is 1.82. The molecule has 0 spiro atoms. The summed E-state index contributed by atoms with van der Waals surface area (Å²) < 4.78 is 4.88. The highest BCUT2D eigenvalue weighted by molar-refractivity contribution is 7.26. The molecule has 0 saturated heterocycles. The molecule has 0 aliphatic carbocycles. The molecule has 0 atom stereocenters. The minimum Gasteiger partial charge on any atom is -0.309 e. The lowest BCUT2D eigenvalue weighted by Gasteiger charge is -2.15. The van der Waals surface area contributed by atoms with E-state index >= 15 is 0 Å². The lowest BCUT2D eigenvalue weighted by molar-refractivity contribution is 1.07. The average molecular weight is 809 g/mol. The van der Waals surface area contributed by atoms with E-state index in [4.69, 9.17) is 15.0 Å². The van der Waals surface area contributed by atoms with E-state index in [1.807, 2.05) is 29.5 Å². The largest absolute Gasteiger partial charge is 0.309 e. The normalized spacial score (nSPS) is 11.5. The number of benzene rings is 9. The summed E-state index contributed by atoms with van der Waals surface area (Å²) in [4.78, 5) is 15.4. The molecule has 0 N–H and O–H groups in total. The van der Waals surface area contributed by atoms with Gasteiger partial charge in [0.25, 0.3) is 0 Å². The van der Waals surface area contributed by atoms with Gasteiger partial charge < -0.3 is 4.57 Å². The number of nitrogens with zero attached hydrogens (tertiary/aromatic N) is 4. The van der Waals surface area contributed by atoms with Crippen LogP contribution in [0.4, 0.5) is 0 Å². The fourth-order valence-corrected chi connectivity index (χ4v) is 10.1. The molecular weight excluding hydrogens is 773 g/mol. The molecule has 290 valence electrons. The van der Waals surface area contributed by atoms with Crippen LogP contribution in [0.1, 0.15) is 0 Å². The van der Waals surface area contributed by atoms with Crippen LogP contribution in [0.2, 0.25) is 0 Å². The fraction of sp³-hybridized carbons (Fsp3) is 0. The van der Waals surface area contributed by atoms with Gasteiger partial charge in [-0.25, -0.2) is 15.0 Å². The highest BCUT2D eigenvalue weighted by atomic mass is 32.1. The molecule has 62 heavy (non-hydrogen) atoms. The third-order valence-corrected chi connectivity index (χ3v) is 13.0. The van der Waals surface area contributed by atoms with Crippen LogP contribution in [0, 0.1) is 0 Å². The van der Waals surface area contributed by atoms with Gasteiger partial charge in [-0.1, -0.05) is 170 Å². The van der Waals surface area contributed by atoms with Gasteiger partial charge in [0.05, 0.1) is 16.7 Å². The standard InChI is InChI=1S/C57H36N4S/c1-3-15-37(16-4-1)41-19-13-20-42(35-41)38-29-31-40(32-30-38)56-58-55(39-17-5-2-6-18-39)59-57(60-56)43-33-34-52-48(36-43)54-47(24-14-28-53(54)62-52)46-23-9-12-27-51(46)61-49-25-10-7-21-44(49)45-22-8-11-26-50(45)61/h1-36H. The van der Waals surface area contributed by atoms with E-state index < -0.39 is 0 Å². The number of aromatic nitrogens is 4. The van der Waals surface area contributed by atoms with Gasteiger partial charge >= 0.3 is 0 Å². The third-order valence-electron chi connectivity index (χ3n) is 11.9. The summed E-state index contributed by atoms with van der Waals surface area (Å²) in [6.07, 6.45) is 0. The Bertz CT molecular complexity index is 3570. The maximum absolute atomic E-state index is 5.19. The minimum absolute atomic E-state index is 0.634. The number of hydrogen-bond donors (Lipinski definition) is 0. The van der Waals surface area contributed by atoms with Crippen LogP contribution >= 0.6 is 11.3 Å². The molecule has 0 bridgehead atoms. The van der Waals surface area contributed by atoms with E-state index in [0.717, 1.165) is 33.5 Å². The van der Waals surface area contributed by atoms with Gasteiger partial charge in [-0.2, -0.15) is 0 Å². The maximum Gasteiger partial charge on any atom is 0.164 e. The first kappa shape index (κ1) is 35.9.